The molecule has 2 saturated heterocycles. The first-order valence-corrected chi connectivity index (χ1v) is 24.6. The third-order valence-corrected chi connectivity index (χ3v) is 12.0. The molecule has 0 spiro atoms. The summed E-state index contributed by atoms with van der Waals surface area (Å²) in [6.45, 7) is 2.46. The van der Waals surface area contributed by atoms with E-state index >= 15 is 0 Å². The van der Waals surface area contributed by atoms with Crippen LogP contribution in [0.25, 0.3) is 0 Å². The first-order valence-electron chi connectivity index (χ1n) is 24.6. The number of carbonyl (C=O) groups excluding carboxylic acids is 2. The van der Waals surface area contributed by atoms with Gasteiger partial charge in [-0.2, -0.15) is 0 Å². The molecule has 2 aliphatic heterocycles. The second-order valence-corrected chi connectivity index (χ2v) is 17.7. The number of aliphatic hydroxyl groups is 7. The van der Waals surface area contributed by atoms with E-state index in [2.05, 4.69) is 13.8 Å². The normalized spacial score (nSPS) is 27.0. The van der Waals surface area contributed by atoms with Crippen molar-refractivity contribution < 1.29 is 73.8 Å². The van der Waals surface area contributed by atoms with E-state index in [4.69, 9.17) is 28.4 Å². The highest BCUT2D eigenvalue weighted by atomic mass is 16.7. The second-order valence-electron chi connectivity index (χ2n) is 17.7. The van der Waals surface area contributed by atoms with Gasteiger partial charge in [0.15, 0.2) is 12.6 Å². The molecule has 7 N–H and O–H groups in total. The molecule has 0 unspecified atom stereocenters. The molecule has 62 heavy (non-hydrogen) atoms. The fourth-order valence-electron chi connectivity index (χ4n) is 8.01. The lowest BCUT2D eigenvalue weighted by molar-refractivity contribution is -0.361. The van der Waals surface area contributed by atoms with Gasteiger partial charge in [-0.25, -0.2) is 0 Å². The van der Waals surface area contributed by atoms with Crippen LogP contribution in [0.5, 0.6) is 0 Å². The van der Waals surface area contributed by atoms with Gasteiger partial charge in [-0.1, -0.05) is 168 Å². The summed E-state index contributed by atoms with van der Waals surface area (Å²) >= 11 is 0. The van der Waals surface area contributed by atoms with Crippen LogP contribution < -0.4 is 0 Å². The van der Waals surface area contributed by atoms with Crippen LogP contribution in [0.1, 0.15) is 194 Å². The second kappa shape index (κ2) is 35.7. The van der Waals surface area contributed by atoms with Crippen molar-refractivity contribution in [1.82, 2.24) is 0 Å². The molecule has 366 valence electrons. The molecule has 2 heterocycles. The van der Waals surface area contributed by atoms with Gasteiger partial charge in [0.2, 0.25) is 0 Å². The number of unbranched alkanes of at least 4 members (excludes halogenated alkanes) is 24. The van der Waals surface area contributed by atoms with Gasteiger partial charge in [-0.05, 0) is 12.8 Å². The van der Waals surface area contributed by atoms with E-state index in [1.54, 1.807) is 0 Å². The van der Waals surface area contributed by atoms with Gasteiger partial charge < -0.3 is 64.2 Å². The predicted molar refractivity (Wildman–Crippen MR) is 234 cm³/mol. The third-order valence-electron chi connectivity index (χ3n) is 12.0. The molecule has 2 aliphatic rings. The molecule has 2 rings (SSSR count). The van der Waals surface area contributed by atoms with Crippen LogP contribution >= 0.6 is 0 Å². The van der Waals surface area contributed by atoms with Gasteiger partial charge >= 0.3 is 11.9 Å². The Labute approximate surface area is 372 Å². The highest BCUT2D eigenvalue weighted by Crippen LogP contribution is 2.30. The zero-order chi connectivity index (χ0) is 45.4. The molecule has 0 bridgehead atoms. The summed E-state index contributed by atoms with van der Waals surface area (Å²) in [6, 6.07) is 0. The standard InChI is InChI=1S/C47H88O15/c1-3-5-7-9-11-13-15-17-19-21-23-25-27-29-38(50)57-32-35(49)33-59-46-44(56)45(62-47-43(55)42(54)40(52)36(31-48)60-47)41(53)37(61-46)34-58-39(51)30-28-26-24-22-20-18-16-14-12-10-8-6-4-2/h35-37,40-49,52-56H,3-34H2,1-2H3/t35-,36+,37+,40+,41+,42-,43-,44-,45-,46-,47+/m0/s1. The van der Waals surface area contributed by atoms with Crippen LogP contribution in [0.15, 0.2) is 0 Å². The van der Waals surface area contributed by atoms with Crippen molar-refractivity contribution in [3.8, 4) is 0 Å². The largest absolute Gasteiger partial charge is 0.463 e. The summed E-state index contributed by atoms with van der Waals surface area (Å²) in [6.07, 6.45) is 13.5. The van der Waals surface area contributed by atoms with Crippen molar-refractivity contribution in [3.05, 3.63) is 0 Å². The Hall–Kier alpha value is -1.50. The lowest BCUT2D eigenvalue weighted by Crippen LogP contribution is -2.65. The number of aliphatic hydroxyl groups excluding tert-OH is 7. The molecular weight excluding hydrogens is 805 g/mol. The predicted octanol–water partition coefficient (Wildman–Crippen LogP) is 6.04. The van der Waals surface area contributed by atoms with Crippen LogP contribution in [-0.4, -0.2) is 142 Å². The van der Waals surface area contributed by atoms with Crippen LogP contribution in [0, 0.1) is 0 Å². The minimum absolute atomic E-state index is 0.165. The SMILES string of the molecule is CCCCCCCCCCCCCCCC(=O)OC[C@H](O)CO[C@H]1O[C@H](COC(=O)CCCCCCCCCCCCCCC)[C@@H](O)[C@H](O[C@H]2O[C@H](CO)[C@@H](O)[C@H](O)[C@@H]2O)[C@@H]1O. The van der Waals surface area contributed by atoms with Crippen molar-refractivity contribution in [2.75, 3.05) is 26.4 Å². The Balaban J connectivity index is 1.78. The lowest BCUT2D eigenvalue weighted by Gasteiger charge is -2.46. The molecular formula is C47H88O15. The number of hydrogen-bond acceptors (Lipinski definition) is 15. The summed E-state index contributed by atoms with van der Waals surface area (Å²) in [5.41, 5.74) is 0. The van der Waals surface area contributed by atoms with Gasteiger partial charge in [0, 0.05) is 12.8 Å². The Bertz CT molecular complexity index is 1100. The van der Waals surface area contributed by atoms with Gasteiger partial charge in [0.1, 0.15) is 68.1 Å². The molecule has 0 aliphatic carbocycles. The van der Waals surface area contributed by atoms with E-state index in [-0.39, 0.29) is 19.4 Å². The van der Waals surface area contributed by atoms with Crippen LogP contribution in [0.3, 0.4) is 0 Å². The van der Waals surface area contributed by atoms with E-state index in [1.807, 2.05) is 0 Å². The minimum Gasteiger partial charge on any atom is -0.463 e. The molecule has 11 atom stereocenters. The van der Waals surface area contributed by atoms with E-state index in [9.17, 15) is 45.3 Å². The summed E-state index contributed by atoms with van der Waals surface area (Å²) < 4.78 is 33.3. The molecule has 2 fully saturated rings. The van der Waals surface area contributed by atoms with E-state index in [1.165, 1.54) is 116 Å². The molecule has 0 saturated carbocycles. The van der Waals surface area contributed by atoms with Gasteiger partial charge in [0.05, 0.1) is 13.2 Å². The average molecular weight is 893 g/mol. The van der Waals surface area contributed by atoms with Crippen molar-refractivity contribution in [2.45, 2.75) is 261 Å². The molecule has 15 heteroatoms. The van der Waals surface area contributed by atoms with Crippen molar-refractivity contribution in [1.29, 1.82) is 0 Å². The fraction of sp³-hybridized carbons (Fsp3) is 0.957. The molecule has 0 radical (unpaired) electrons. The summed E-state index contributed by atoms with van der Waals surface area (Å²) in [4.78, 5) is 25.0. The maximum atomic E-state index is 12.7. The first-order chi connectivity index (χ1) is 30.0. The summed E-state index contributed by atoms with van der Waals surface area (Å²) in [5, 5.41) is 73.7. The van der Waals surface area contributed by atoms with Crippen LogP contribution in [0.4, 0.5) is 0 Å². The number of esters is 2. The Morgan fingerprint density at radius 1 is 0.484 bits per heavy atom. The van der Waals surface area contributed by atoms with Crippen LogP contribution in [-0.2, 0) is 38.0 Å². The zero-order valence-electron chi connectivity index (χ0n) is 38.4. The number of ether oxygens (including phenoxy) is 6. The smallest absolute Gasteiger partial charge is 0.305 e. The first kappa shape index (κ1) is 56.6. The van der Waals surface area contributed by atoms with Crippen molar-refractivity contribution in [3.63, 3.8) is 0 Å². The van der Waals surface area contributed by atoms with Crippen molar-refractivity contribution in [2.24, 2.45) is 0 Å². The van der Waals surface area contributed by atoms with Crippen molar-refractivity contribution >= 4 is 11.9 Å². The number of hydrogen-bond donors (Lipinski definition) is 7. The highest BCUT2D eigenvalue weighted by Gasteiger charge is 2.51. The quantitative estimate of drug-likeness (QED) is 0.0277. The lowest BCUT2D eigenvalue weighted by atomic mass is 9.97. The van der Waals surface area contributed by atoms with Gasteiger partial charge in [-0.3, -0.25) is 9.59 Å². The average Bonchev–Trinajstić information content (AvgIpc) is 3.26. The summed E-state index contributed by atoms with van der Waals surface area (Å²) in [5.74, 6) is -0.951. The zero-order valence-corrected chi connectivity index (χ0v) is 38.4. The van der Waals surface area contributed by atoms with Gasteiger partial charge in [0.25, 0.3) is 0 Å². The summed E-state index contributed by atoms with van der Waals surface area (Å²) in [7, 11) is 0. The maximum Gasteiger partial charge on any atom is 0.305 e. The van der Waals surface area contributed by atoms with E-state index < -0.39 is 99.3 Å². The Morgan fingerprint density at radius 2 is 0.903 bits per heavy atom. The third kappa shape index (κ3) is 24.1. The Kier molecular flexibility index (Phi) is 32.6. The maximum absolute atomic E-state index is 12.7. The topological polar surface area (TPSA) is 231 Å². The van der Waals surface area contributed by atoms with E-state index in [0.717, 1.165) is 38.5 Å². The molecule has 15 nitrogen and oxygen atoms in total. The molecule has 0 aromatic rings. The molecule has 0 aromatic carbocycles. The molecule has 0 aromatic heterocycles. The van der Waals surface area contributed by atoms with Crippen LogP contribution in [0.2, 0.25) is 0 Å². The van der Waals surface area contributed by atoms with Gasteiger partial charge in [-0.15, -0.1) is 0 Å². The minimum atomic E-state index is -1.83. The highest BCUT2D eigenvalue weighted by molar-refractivity contribution is 5.69. The fourth-order valence-corrected chi connectivity index (χ4v) is 8.01. The van der Waals surface area contributed by atoms with E-state index in [0.29, 0.717) is 12.8 Å². The Morgan fingerprint density at radius 3 is 1.35 bits per heavy atom. The number of rotatable bonds is 38. The number of carbonyl (C=O) groups is 2. The monoisotopic (exact) mass is 893 g/mol. The molecule has 0 amide bonds.